The van der Waals surface area contributed by atoms with Crippen molar-refractivity contribution in [2.24, 2.45) is 0 Å². The molecular weight excluding hydrogens is 244 g/mol. The molecule has 1 N–H and O–H groups in total. The molecule has 0 bridgehead atoms. The first-order valence-electron chi connectivity index (χ1n) is 6.81. The van der Waals surface area contributed by atoms with E-state index in [0.717, 1.165) is 25.9 Å². The fourth-order valence-corrected chi connectivity index (χ4v) is 2.72. The van der Waals surface area contributed by atoms with Crippen molar-refractivity contribution in [2.75, 3.05) is 13.2 Å². The molecule has 2 nitrogen and oxygen atoms in total. The summed E-state index contributed by atoms with van der Waals surface area (Å²) in [7, 11) is 0. The molecular formula is C15H24O2S. The summed E-state index contributed by atoms with van der Waals surface area (Å²) in [5.74, 6) is 0. The Morgan fingerprint density at radius 3 is 2.61 bits per heavy atom. The Morgan fingerprint density at radius 2 is 1.94 bits per heavy atom. The van der Waals surface area contributed by atoms with Gasteiger partial charge in [-0.1, -0.05) is 49.7 Å². The van der Waals surface area contributed by atoms with Crippen LogP contribution in [0.4, 0.5) is 0 Å². The van der Waals surface area contributed by atoms with Crippen LogP contribution in [-0.4, -0.2) is 23.8 Å². The minimum Gasteiger partial charge on any atom is -0.396 e. The molecule has 0 radical (unpaired) electrons. The first-order chi connectivity index (χ1) is 8.86. The zero-order valence-corrected chi connectivity index (χ0v) is 12.0. The van der Waals surface area contributed by atoms with Crippen LogP contribution in [0.2, 0.25) is 0 Å². The number of hydrogen-bond donors (Lipinski definition) is 1. The number of unbranched alkanes of at least 4 members (excludes halogenated alkanes) is 2. The van der Waals surface area contributed by atoms with Crippen molar-refractivity contribution < 1.29 is 9.84 Å². The van der Waals surface area contributed by atoms with Crippen LogP contribution < -0.4 is 0 Å². The number of benzene rings is 1. The molecule has 102 valence electrons. The fourth-order valence-electron chi connectivity index (χ4n) is 1.65. The van der Waals surface area contributed by atoms with Crippen molar-refractivity contribution in [1.29, 1.82) is 0 Å². The molecule has 0 spiro atoms. The van der Waals surface area contributed by atoms with Crippen molar-refractivity contribution in [3.63, 3.8) is 0 Å². The summed E-state index contributed by atoms with van der Waals surface area (Å²) in [6.07, 6.45) is 5.28. The van der Waals surface area contributed by atoms with Crippen LogP contribution in [0.15, 0.2) is 35.2 Å². The minimum absolute atomic E-state index is 0.163. The van der Waals surface area contributed by atoms with E-state index < -0.39 is 0 Å². The van der Waals surface area contributed by atoms with Gasteiger partial charge in [0.15, 0.2) is 0 Å². The highest BCUT2D eigenvalue weighted by Crippen LogP contribution is 2.27. The molecule has 18 heavy (non-hydrogen) atoms. The van der Waals surface area contributed by atoms with E-state index in [-0.39, 0.29) is 12.0 Å². The molecule has 3 heteroatoms. The molecule has 1 aromatic rings. The summed E-state index contributed by atoms with van der Waals surface area (Å²) in [4.78, 5) is 1.23. The molecule has 0 saturated heterocycles. The molecule has 0 aliphatic carbocycles. The Hall–Kier alpha value is -0.510. The highest BCUT2D eigenvalue weighted by Gasteiger charge is 2.10. The van der Waals surface area contributed by atoms with Gasteiger partial charge in [-0.05, 0) is 31.4 Å². The summed E-state index contributed by atoms with van der Waals surface area (Å²) in [5, 5.41) is 8.93. The van der Waals surface area contributed by atoms with Gasteiger partial charge in [-0.3, -0.25) is 0 Å². The second-order valence-corrected chi connectivity index (χ2v) is 5.54. The third kappa shape index (κ3) is 7.04. The molecule has 0 aromatic heterocycles. The number of hydrogen-bond acceptors (Lipinski definition) is 3. The minimum atomic E-state index is 0.163. The monoisotopic (exact) mass is 268 g/mol. The quantitative estimate of drug-likeness (QED) is 0.394. The summed E-state index contributed by atoms with van der Waals surface area (Å²) in [6, 6.07) is 10.3. The van der Waals surface area contributed by atoms with Gasteiger partial charge in [0, 0.05) is 18.1 Å². The van der Waals surface area contributed by atoms with Gasteiger partial charge in [-0.2, -0.15) is 0 Å². The van der Waals surface area contributed by atoms with Gasteiger partial charge in [0.1, 0.15) is 5.44 Å². The number of thioether (sulfide) groups is 1. The van der Waals surface area contributed by atoms with E-state index in [0.29, 0.717) is 0 Å². The van der Waals surface area contributed by atoms with Crippen LogP contribution >= 0.6 is 11.8 Å². The lowest BCUT2D eigenvalue weighted by Crippen LogP contribution is -2.10. The van der Waals surface area contributed by atoms with Crippen molar-refractivity contribution >= 4 is 11.8 Å². The lowest BCUT2D eigenvalue weighted by Gasteiger charge is -2.17. The van der Waals surface area contributed by atoms with Crippen LogP contribution in [0, 0.1) is 0 Å². The zero-order chi connectivity index (χ0) is 13.1. The molecule has 0 heterocycles. The van der Waals surface area contributed by atoms with Gasteiger partial charge < -0.3 is 9.84 Å². The molecule has 1 atom stereocenters. The van der Waals surface area contributed by atoms with E-state index in [9.17, 15) is 0 Å². The average molecular weight is 268 g/mol. The molecule has 0 amide bonds. The van der Waals surface area contributed by atoms with Crippen LogP contribution in [0.25, 0.3) is 0 Å². The van der Waals surface area contributed by atoms with Gasteiger partial charge in [-0.15, -0.1) is 0 Å². The van der Waals surface area contributed by atoms with E-state index in [1.807, 2.05) is 18.2 Å². The topological polar surface area (TPSA) is 29.5 Å². The smallest absolute Gasteiger partial charge is 0.107 e. The Kier molecular flexibility index (Phi) is 9.00. The number of aliphatic hydroxyl groups is 1. The van der Waals surface area contributed by atoms with E-state index in [2.05, 4.69) is 19.1 Å². The first-order valence-corrected chi connectivity index (χ1v) is 7.69. The molecule has 0 saturated carbocycles. The maximum Gasteiger partial charge on any atom is 0.107 e. The zero-order valence-electron chi connectivity index (χ0n) is 11.2. The summed E-state index contributed by atoms with van der Waals surface area (Å²) >= 11 is 1.75. The standard InChI is InChI=1S/C15H24O2S/c1-2-3-7-13-17-15(11-8-12-16)18-14-9-5-4-6-10-14/h4-6,9-10,15-16H,2-3,7-8,11-13H2,1H3. The fraction of sp³-hybridized carbons (Fsp3) is 0.600. The van der Waals surface area contributed by atoms with Gasteiger partial charge in [-0.25, -0.2) is 0 Å². The summed E-state index contributed by atoms with van der Waals surface area (Å²) in [5.41, 5.74) is 0.163. The largest absolute Gasteiger partial charge is 0.396 e. The van der Waals surface area contributed by atoms with Gasteiger partial charge in [0.25, 0.3) is 0 Å². The maximum atomic E-state index is 8.93. The number of rotatable bonds is 10. The highest BCUT2D eigenvalue weighted by atomic mass is 32.2. The second kappa shape index (κ2) is 10.4. The molecule has 0 fully saturated rings. The maximum absolute atomic E-state index is 8.93. The van der Waals surface area contributed by atoms with Crippen molar-refractivity contribution in [3.8, 4) is 0 Å². The Balaban J connectivity index is 2.35. The third-order valence-corrected chi connectivity index (χ3v) is 3.84. The Bertz CT molecular complexity index is 290. The molecule has 0 aliphatic heterocycles. The van der Waals surface area contributed by atoms with E-state index in [1.54, 1.807) is 11.8 Å². The summed E-state index contributed by atoms with van der Waals surface area (Å²) in [6.45, 7) is 3.26. The molecule has 0 aliphatic rings. The Labute approximate surface area is 115 Å². The van der Waals surface area contributed by atoms with Crippen molar-refractivity contribution in [3.05, 3.63) is 30.3 Å². The highest BCUT2D eigenvalue weighted by molar-refractivity contribution is 7.99. The molecule has 1 unspecified atom stereocenters. The second-order valence-electron chi connectivity index (χ2n) is 4.30. The average Bonchev–Trinajstić information content (AvgIpc) is 2.41. The van der Waals surface area contributed by atoms with Crippen LogP contribution in [0.5, 0.6) is 0 Å². The van der Waals surface area contributed by atoms with E-state index >= 15 is 0 Å². The van der Waals surface area contributed by atoms with E-state index in [1.165, 1.54) is 17.7 Å². The first kappa shape index (κ1) is 15.5. The number of aliphatic hydroxyl groups excluding tert-OH is 1. The normalized spacial score (nSPS) is 12.6. The predicted octanol–water partition coefficient (Wildman–Crippen LogP) is 4.08. The van der Waals surface area contributed by atoms with Crippen molar-refractivity contribution in [1.82, 2.24) is 0 Å². The molecule has 1 aromatic carbocycles. The van der Waals surface area contributed by atoms with Crippen LogP contribution in [0.1, 0.15) is 39.0 Å². The number of ether oxygens (including phenoxy) is 1. The van der Waals surface area contributed by atoms with E-state index in [4.69, 9.17) is 9.84 Å². The Morgan fingerprint density at radius 1 is 1.17 bits per heavy atom. The SMILES string of the molecule is CCCCCOC(CCCO)Sc1ccccc1. The summed E-state index contributed by atoms with van der Waals surface area (Å²) < 4.78 is 5.90. The van der Waals surface area contributed by atoms with Crippen LogP contribution in [-0.2, 0) is 4.74 Å². The van der Waals surface area contributed by atoms with Gasteiger partial charge in [0.2, 0.25) is 0 Å². The predicted molar refractivity (Wildman–Crippen MR) is 77.9 cm³/mol. The van der Waals surface area contributed by atoms with Crippen molar-refractivity contribution in [2.45, 2.75) is 49.4 Å². The van der Waals surface area contributed by atoms with Gasteiger partial charge >= 0.3 is 0 Å². The van der Waals surface area contributed by atoms with Gasteiger partial charge in [0.05, 0.1) is 0 Å². The lowest BCUT2D eigenvalue weighted by molar-refractivity contribution is 0.0977. The van der Waals surface area contributed by atoms with Crippen LogP contribution in [0.3, 0.4) is 0 Å². The lowest BCUT2D eigenvalue weighted by atomic mass is 10.3. The third-order valence-electron chi connectivity index (χ3n) is 2.66. The molecule has 1 rings (SSSR count).